The van der Waals surface area contributed by atoms with E-state index in [2.05, 4.69) is 10.4 Å². The summed E-state index contributed by atoms with van der Waals surface area (Å²) in [7, 11) is 0. The van der Waals surface area contributed by atoms with Gasteiger partial charge < -0.3 is 20.2 Å². The third-order valence-electron chi connectivity index (χ3n) is 2.93. The van der Waals surface area contributed by atoms with E-state index in [4.69, 9.17) is 4.74 Å². The molecule has 0 radical (unpaired) electrons. The number of carbonyl (C=O) groups is 1. The van der Waals surface area contributed by atoms with Crippen LogP contribution in [0.2, 0.25) is 0 Å². The monoisotopic (exact) mass is 268 g/mol. The van der Waals surface area contributed by atoms with Gasteiger partial charge in [0.2, 0.25) is 5.91 Å². The summed E-state index contributed by atoms with van der Waals surface area (Å²) in [6.07, 6.45) is 3.87. The zero-order chi connectivity index (χ0) is 13.7. The van der Waals surface area contributed by atoms with E-state index in [1.807, 2.05) is 0 Å². The Hall–Kier alpha value is -1.96. The molecule has 1 aromatic heterocycles. The first-order chi connectivity index (χ1) is 9.15. The number of aryl methyl sites for hydroxylation is 1. The molecule has 0 saturated carbocycles. The van der Waals surface area contributed by atoms with Gasteiger partial charge in [-0.2, -0.15) is 4.68 Å². The number of nitro groups is 1. The minimum absolute atomic E-state index is 0.103. The molecule has 1 N–H and O–H groups in total. The third-order valence-corrected chi connectivity index (χ3v) is 2.93. The van der Waals surface area contributed by atoms with E-state index >= 15 is 0 Å². The second-order valence-corrected chi connectivity index (χ2v) is 4.38. The second-order valence-electron chi connectivity index (χ2n) is 4.38. The number of rotatable bonds is 6. The number of hydrogen-bond donors (Lipinski definition) is 1. The molecule has 104 valence electrons. The zero-order valence-corrected chi connectivity index (χ0v) is 10.4. The molecule has 2 rings (SSSR count). The van der Waals surface area contributed by atoms with Gasteiger partial charge in [-0.1, -0.05) is 0 Å². The molecule has 2 heterocycles. The van der Waals surface area contributed by atoms with Crippen molar-refractivity contribution in [1.82, 2.24) is 15.1 Å². The maximum absolute atomic E-state index is 11.6. The molecule has 1 atom stereocenters. The summed E-state index contributed by atoms with van der Waals surface area (Å²) in [6.45, 7) is 1.61. The van der Waals surface area contributed by atoms with Crippen molar-refractivity contribution in [3.63, 3.8) is 0 Å². The summed E-state index contributed by atoms with van der Waals surface area (Å²) < 4.78 is 6.78. The molecule has 1 saturated heterocycles. The first-order valence-corrected chi connectivity index (χ1v) is 6.21. The minimum atomic E-state index is -0.562. The molecule has 0 aromatic carbocycles. The van der Waals surface area contributed by atoms with Crippen LogP contribution in [0, 0.1) is 10.1 Å². The van der Waals surface area contributed by atoms with Crippen molar-refractivity contribution in [1.29, 1.82) is 0 Å². The van der Waals surface area contributed by atoms with Crippen LogP contribution in [0.25, 0.3) is 0 Å². The molecule has 8 heteroatoms. The summed E-state index contributed by atoms with van der Waals surface area (Å²) in [4.78, 5) is 21.4. The Morgan fingerprint density at radius 2 is 2.53 bits per heavy atom. The van der Waals surface area contributed by atoms with Gasteiger partial charge in [0, 0.05) is 19.6 Å². The molecule has 1 aliphatic rings. The van der Waals surface area contributed by atoms with Crippen LogP contribution in [-0.2, 0) is 16.1 Å². The van der Waals surface area contributed by atoms with Crippen molar-refractivity contribution in [3.05, 3.63) is 22.4 Å². The summed E-state index contributed by atoms with van der Waals surface area (Å²) in [5, 5.41) is 17.0. The average molecular weight is 268 g/mol. The lowest BCUT2D eigenvalue weighted by Crippen LogP contribution is -2.32. The van der Waals surface area contributed by atoms with Gasteiger partial charge in [0.1, 0.15) is 0 Å². The fourth-order valence-electron chi connectivity index (χ4n) is 1.91. The van der Waals surface area contributed by atoms with Gasteiger partial charge in [-0.25, -0.2) is 0 Å². The first kappa shape index (κ1) is 13.5. The normalized spacial score (nSPS) is 18.4. The lowest BCUT2D eigenvalue weighted by Gasteiger charge is -2.10. The molecule has 0 bridgehead atoms. The van der Waals surface area contributed by atoms with E-state index in [0.717, 1.165) is 19.4 Å². The maximum Gasteiger partial charge on any atom is 0.389 e. The van der Waals surface area contributed by atoms with E-state index in [1.54, 1.807) is 0 Å². The highest BCUT2D eigenvalue weighted by molar-refractivity contribution is 5.75. The fourth-order valence-corrected chi connectivity index (χ4v) is 1.91. The fraction of sp³-hybridized carbons (Fsp3) is 0.636. The van der Waals surface area contributed by atoms with E-state index < -0.39 is 4.92 Å². The van der Waals surface area contributed by atoms with Crippen LogP contribution in [-0.4, -0.2) is 39.9 Å². The quantitative estimate of drug-likeness (QED) is 0.597. The number of ether oxygens (including phenoxy) is 1. The van der Waals surface area contributed by atoms with Gasteiger partial charge in [0.25, 0.3) is 0 Å². The predicted octanol–water partition coefficient (Wildman–Crippen LogP) is 0.477. The van der Waals surface area contributed by atoms with Gasteiger partial charge in [0.05, 0.1) is 30.0 Å². The van der Waals surface area contributed by atoms with E-state index in [1.165, 1.54) is 16.9 Å². The van der Waals surface area contributed by atoms with Crippen molar-refractivity contribution in [2.45, 2.75) is 31.9 Å². The van der Waals surface area contributed by atoms with Crippen LogP contribution in [0.1, 0.15) is 19.3 Å². The summed E-state index contributed by atoms with van der Waals surface area (Å²) in [5.74, 6) is -0.312. The molecule has 0 aliphatic carbocycles. The van der Waals surface area contributed by atoms with Gasteiger partial charge >= 0.3 is 5.82 Å². The van der Waals surface area contributed by atoms with Crippen molar-refractivity contribution in [2.75, 3.05) is 13.2 Å². The van der Waals surface area contributed by atoms with Crippen LogP contribution >= 0.6 is 0 Å². The van der Waals surface area contributed by atoms with Crippen molar-refractivity contribution < 1.29 is 14.5 Å². The van der Waals surface area contributed by atoms with Crippen molar-refractivity contribution in [2.24, 2.45) is 0 Å². The third kappa shape index (κ3) is 4.02. The smallest absolute Gasteiger partial charge is 0.376 e. The van der Waals surface area contributed by atoms with Gasteiger partial charge in [-0.3, -0.25) is 4.79 Å². The van der Waals surface area contributed by atoms with Crippen LogP contribution in [0.4, 0.5) is 5.82 Å². The SMILES string of the molecule is O=C(CCn1ccc([N+](=O)[O-])n1)NCC1CCCO1. The maximum atomic E-state index is 11.6. The van der Waals surface area contributed by atoms with Crippen LogP contribution in [0.3, 0.4) is 0 Å². The molecule has 1 amide bonds. The standard InChI is InChI=1S/C11H16N4O4/c16-11(12-8-9-2-1-7-19-9)4-6-14-5-3-10(13-14)15(17)18/h3,5,9H,1-2,4,6-8H2,(H,12,16). The molecule has 1 aliphatic heterocycles. The van der Waals surface area contributed by atoms with E-state index in [0.29, 0.717) is 13.1 Å². The molecule has 1 aromatic rings. The van der Waals surface area contributed by atoms with Crippen LogP contribution < -0.4 is 5.32 Å². The summed E-state index contributed by atoms with van der Waals surface area (Å²) in [6, 6.07) is 1.31. The molecular formula is C11H16N4O4. The van der Waals surface area contributed by atoms with Gasteiger partial charge in [0.15, 0.2) is 0 Å². The Morgan fingerprint density at radius 3 is 3.16 bits per heavy atom. The number of carbonyl (C=O) groups excluding carboxylic acids is 1. The first-order valence-electron chi connectivity index (χ1n) is 6.21. The summed E-state index contributed by atoms with van der Waals surface area (Å²) in [5.41, 5.74) is 0. The Labute approximate surface area is 109 Å². The molecule has 19 heavy (non-hydrogen) atoms. The number of nitrogens with one attached hydrogen (secondary N) is 1. The molecule has 0 spiro atoms. The number of amides is 1. The molecule has 1 unspecified atom stereocenters. The Bertz CT molecular complexity index is 453. The topological polar surface area (TPSA) is 99.3 Å². The summed E-state index contributed by atoms with van der Waals surface area (Å²) >= 11 is 0. The predicted molar refractivity (Wildman–Crippen MR) is 65.5 cm³/mol. The van der Waals surface area contributed by atoms with Gasteiger partial charge in [-0.05, 0) is 17.8 Å². The average Bonchev–Trinajstić information content (AvgIpc) is 3.05. The molecular weight excluding hydrogens is 252 g/mol. The van der Waals surface area contributed by atoms with Gasteiger partial charge in [-0.15, -0.1) is 0 Å². The lowest BCUT2D eigenvalue weighted by atomic mass is 10.2. The number of hydrogen-bond acceptors (Lipinski definition) is 5. The Balaban J connectivity index is 1.68. The molecule has 8 nitrogen and oxygen atoms in total. The van der Waals surface area contributed by atoms with Crippen LogP contribution in [0.15, 0.2) is 12.3 Å². The molecule has 1 fully saturated rings. The van der Waals surface area contributed by atoms with Crippen LogP contribution in [0.5, 0.6) is 0 Å². The minimum Gasteiger partial charge on any atom is -0.376 e. The number of nitrogens with zero attached hydrogens (tertiary/aromatic N) is 3. The highest BCUT2D eigenvalue weighted by Crippen LogP contribution is 2.10. The van der Waals surface area contributed by atoms with E-state index in [-0.39, 0.29) is 24.2 Å². The lowest BCUT2D eigenvalue weighted by molar-refractivity contribution is -0.389. The van der Waals surface area contributed by atoms with Crippen molar-refractivity contribution >= 4 is 11.7 Å². The zero-order valence-electron chi connectivity index (χ0n) is 10.4. The Kier molecular flexibility index (Phi) is 4.45. The Morgan fingerprint density at radius 1 is 1.68 bits per heavy atom. The highest BCUT2D eigenvalue weighted by atomic mass is 16.6. The van der Waals surface area contributed by atoms with E-state index in [9.17, 15) is 14.9 Å². The number of aromatic nitrogens is 2. The highest BCUT2D eigenvalue weighted by Gasteiger charge is 2.16. The second kappa shape index (κ2) is 6.28. The van der Waals surface area contributed by atoms with Crippen molar-refractivity contribution in [3.8, 4) is 0 Å². The largest absolute Gasteiger partial charge is 0.389 e.